The minimum atomic E-state index is -0.388. The van der Waals surface area contributed by atoms with E-state index < -0.39 is 0 Å². The number of amides is 1. The molecule has 0 saturated carbocycles. The Balaban J connectivity index is 1.76. The van der Waals surface area contributed by atoms with Crippen LogP contribution in [0, 0.1) is 6.92 Å². The minimum Gasteiger partial charge on any atom is -0.497 e. The van der Waals surface area contributed by atoms with Crippen LogP contribution in [-0.2, 0) is 6.42 Å². The van der Waals surface area contributed by atoms with E-state index in [0.29, 0.717) is 23.0 Å². The van der Waals surface area contributed by atoms with Crippen LogP contribution in [0.5, 0.6) is 11.5 Å². The van der Waals surface area contributed by atoms with Gasteiger partial charge in [-0.05, 0) is 48.7 Å². The highest BCUT2D eigenvalue weighted by molar-refractivity contribution is 6.03. The van der Waals surface area contributed by atoms with Gasteiger partial charge in [0, 0.05) is 11.8 Å². The van der Waals surface area contributed by atoms with Crippen molar-refractivity contribution in [2.24, 2.45) is 0 Å². The summed E-state index contributed by atoms with van der Waals surface area (Å²) >= 11 is 0. The van der Waals surface area contributed by atoms with E-state index in [1.54, 1.807) is 37.4 Å². The molecule has 0 spiro atoms. The lowest BCUT2D eigenvalue weighted by Gasteiger charge is -2.13. The van der Waals surface area contributed by atoms with Gasteiger partial charge in [0.05, 0.1) is 19.9 Å². The fraction of sp³-hybridized carbons (Fsp3) is 0.227. The number of hydrogen-bond acceptors (Lipinski definition) is 6. The summed E-state index contributed by atoms with van der Waals surface area (Å²) in [5, 5.41) is 14.3. The van der Waals surface area contributed by atoms with Crippen molar-refractivity contribution in [3.8, 4) is 11.5 Å². The normalized spacial score (nSPS) is 10.3. The quantitative estimate of drug-likeness (QED) is 0.621. The SMILES string of the molecule is CCc1cccc(C)c1Nc1ccc(C(=O)Nc2cc(OC)ccc2OC)nn1. The molecule has 7 nitrogen and oxygen atoms in total. The summed E-state index contributed by atoms with van der Waals surface area (Å²) in [6, 6.07) is 14.7. The Morgan fingerprint density at radius 1 is 1.03 bits per heavy atom. The van der Waals surface area contributed by atoms with E-state index in [1.807, 2.05) is 19.1 Å². The zero-order chi connectivity index (χ0) is 20.8. The summed E-state index contributed by atoms with van der Waals surface area (Å²) in [5.74, 6) is 1.32. The Labute approximate surface area is 170 Å². The molecule has 0 fully saturated rings. The fourth-order valence-corrected chi connectivity index (χ4v) is 2.95. The average Bonchev–Trinajstić information content (AvgIpc) is 2.75. The van der Waals surface area contributed by atoms with Crippen LogP contribution in [0.2, 0.25) is 0 Å². The summed E-state index contributed by atoms with van der Waals surface area (Å²) in [5.41, 5.74) is 4.02. The van der Waals surface area contributed by atoms with E-state index >= 15 is 0 Å². The summed E-state index contributed by atoms with van der Waals surface area (Å²) in [7, 11) is 3.09. The number of benzene rings is 2. The van der Waals surface area contributed by atoms with Gasteiger partial charge >= 0.3 is 0 Å². The van der Waals surface area contributed by atoms with Gasteiger partial charge in [-0.25, -0.2) is 0 Å². The van der Waals surface area contributed by atoms with Gasteiger partial charge < -0.3 is 20.1 Å². The van der Waals surface area contributed by atoms with Crippen molar-refractivity contribution < 1.29 is 14.3 Å². The third kappa shape index (κ3) is 4.63. The van der Waals surface area contributed by atoms with Crippen LogP contribution in [0.3, 0.4) is 0 Å². The van der Waals surface area contributed by atoms with Gasteiger partial charge in [0.25, 0.3) is 5.91 Å². The van der Waals surface area contributed by atoms with E-state index in [9.17, 15) is 4.79 Å². The van der Waals surface area contributed by atoms with Gasteiger partial charge in [-0.3, -0.25) is 4.79 Å². The number of aryl methyl sites for hydroxylation is 2. The third-order valence-corrected chi connectivity index (χ3v) is 4.55. The molecule has 3 rings (SSSR count). The first-order valence-electron chi connectivity index (χ1n) is 9.28. The number of hydrogen-bond donors (Lipinski definition) is 2. The number of methoxy groups -OCH3 is 2. The van der Waals surface area contributed by atoms with Gasteiger partial charge in [-0.2, -0.15) is 0 Å². The topological polar surface area (TPSA) is 85.4 Å². The lowest BCUT2D eigenvalue weighted by atomic mass is 10.1. The van der Waals surface area contributed by atoms with Crippen molar-refractivity contribution in [1.82, 2.24) is 10.2 Å². The first kappa shape index (κ1) is 20.1. The van der Waals surface area contributed by atoms with Crippen LogP contribution >= 0.6 is 0 Å². The minimum absolute atomic E-state index is 0.195. The van der Waals surface area contributed by atoms with Crippen LogP contribution in [0.1, 0.15) is 28.5 Å². The molecular formula is C22H24N4O3. The molecule has 0 aliphatic rings. The molecule has 0 aliphatic heterocycles. The average molecular weight is 392 g/mol. The highest BCUT2D eigenvalue weighted by Crippen LogP contribution is 2.29. The summed E-state index contributed by atoms with van der Waals surface area (Å²) in [6.07, 6.45) is 0.903. The molecule has 0 radical (unpaired) electrons. The molecular weight excluding hydrogens is 368 g/mol. The number of para-hydroxylation sites is 1. The van der Waals surface area contributed by atoms with E-state index in [-0.39, 0.29) is 11.6 Å². The van der Waals surface area contributed by atoms with E-state index in [2.05, 4.69) is 33.8 Å². The number of aromatic nitrogens is 2. The van der Waals surface area contributed by atoms with Crippen LogP contribution in [-0.4, -0.2) is 30.3 Å². The number of rotatable bonds is 7. The molecule has 29 heavy (non-hydrogen) atoms. The molecule has 0 unspecified atom stereocenters. The first-order chi connectivity index (χ1) is 14.0. The molecule has 2 N–H and O–H groups in total. The maximum Gasteiger partial charge on any atom is 0.276 e. The molecule has 1 aromatic heterocycles. The number of anilines is 3. The smallest absolute Gasteiger partial charge is 0.276 e. The van der Waals surface area contributed by atoms with Crippen molar-refractivity contribution in [2.45, 2.75) is 20.3 Å². The predicted molar refractivity (Wildman–Crippen MR) is 113 cm³/mol. The number of ether oxygens (including phenoxy) is 2. The lowest BCUT2D eigenvalue weighted by molar-refractivity contribution is 0.102. The second kappa shape index (κ2) is 9.05. The number of nitrogens with zero attached hydrogens (tertiary/aromatic N) is 2. The van der Waals surface area contributed by atoms with Crippen LogP contribution in [0.15, 0.2) is 48.5 Å². The largest absolute Gasteiger partial charge is 0.497 e. The number of carbonyl (C=O) groups excluding carboxylic acids is 1. The number of carbonyl (C=O) groups is 1. The van der Waals surface area contributed by atoms with Crippen molar-refractivity contribution >= 4 is 23.1 Å². The van der Waals surface area contributed by atoms with E-state index in [1.165, 1.54) is 12.7 Å². The highest BCUT2D eigenvalue weighted by Gasteiger charge is 2.13. The maximum absolute atomic E-state index is 12.6. The fourth-order valence-electron chi connectivity index (χ4n) is 2.95. The second-order valence-corrected chi connectivity index (χ2v) is 6.41. The van der Waals surface area contributed by atoms with Gasteiger partial charge in [-0.15, -0.1) is 10.2 Å². The molecule has 2 aromatic carbocycles. The number of nitrogens with one attached hydrogen (secondary N) is 2. The Morgan fingerprint density at radius 3 is 2.52 bits per heavy atom. The Hall–Kier alpha value is -3.61. The molecule has 7 heteroatoms. The molecule has 150 valence electrons. The first-order valence-corrected chi connectivity index (χ1v) is 9.28. The lowest BCUT2D eigenvalue weighted by Crippen LogP contribution is -2.15. The van der Waals surface area contributed by atoms with Crippen molar-refractivity contribution in [3.05, 3.63) is 65.4 Å². The van der Waals surface area contributed by atoms with Crippen LogP contribution in [0.4, 0.5) is 17.2 Å². The second-order valence-electron chi connectivity index (χ2n) is 6.41. The summed E-state index contributed by atoms with van der Waals surface area (Å²) in [6.45, 7) is 4.14. The van der Waals surface area contributed by atoms with Gasteiger partial charge in [0.2, 0.25) is 0 Å². The Morgan fingerprint density at radius 2 is 1.86 bits per heavy atom. The van der Waals surface area contributed by atoms with E-state index in [4.69, 9.17) is 9.47 Å². The third-order valence-electron chi connectivity index (χ3n) is 4.55. The molecule has 0 bridgehead atoms. The summed E-state index contributed by atoms with van der Waals surface area (Å²) in [4.78, 5) is 12.6. The molecule has 0 aliphatic carbocycles. The zero-order valence-corrected chi connectivity index (χ0v) is 16.9. The molecule has 0 saturated heterocycles. The highest BCUT2D eigenvalue weighted by atomic mass is 16.5. The monoisotopic (exact) mass is 392 g/mol. The molecule has 0 atom stereocenters. The maximum atomic E-state index is 12.6. The van der Waals surface area contributed by atoms with Crippen molar-refractivity contribution in [3.63, 3.8) is 0 Å². The molecule has 1 amide bonds. The predicted octanol–water partition coefficient (Wildman–Crippen LogP) is 4.36. The Bertz CT molecular complexity index is 1000. The molecule has 1 heterocycles. The molecule has 3 aromatic rings. The van der Waals surface area contributed by atoms with Crippen LogP contribution in [0.25, 0.3) is 0 Å². The van der Waals surface area contributed by atoms with E-state index in [0.717, 1.165) is 17.7 Å². The van der Waals surface area contributed by atoms with Gasteiger partial charge in [0.15, 0.2) is 11.5 Å². The van der Waals surface area contributed by atoms with Gasteiger partial charge in [0.1, 0.15) is 11.5 Å². The summed E-state index contributed by atoms with van der Waals surface area (Å²) < 4.78 is 10.5. The Kier molecular flexibility index (Phi) is 6.29. The van der Waals surface area contributed by atoms with Crippen molar-refractivity contribution in [2.75, 3.05) is 24.9 Å². The van der Waals surface area contributed by atoms with Gasteiger partial charge in [-0.1, -0.05) is 25.1 Å². The van der Waals surface area contributed by atoms with Crippen molar-refractivity contribution in [1.29, 1.82) is 0 Å². The standard InChI is InChI=1S/C22H24N4O3/c1-5-15-8-6-7-14(2)21(15)24-20-12-10-17(25-26-20)22(27)23-18-13-16(28-3)9-11-19(18)29-4/h6-13H,5H2,1-4H3,(H,23,27)(H,24,26). The zero-order valence-electron chi connectivity index (χ0n) is 16.9. The van der Waals surface area contributed by atoms with Crippen LogP contribution < -0.4 is 20.1 Å².